The van der Waals surface area contributed by atoms with Gasteiger partial charge in [-0.05, 0) is 24.0 Å². The van der Waals surface area contributed by atoms with Crippen LogP contribution in [0.25, 0.3) is 0 Å². The summed E-state index contributed by atoms with van der Waals surface area (Å²) < 4.78 is 8.09. The van der Waals surface area contributed by atoms with Gasteiger partial charge in [-0.15, -0.1) is 0 Å². The fourth-order valence-corrected chi connectivity index (χ4v) is 4.11. The summed E-state index contributed by atoms with van der Waals surface area (Å²) in [6.07, 6.45) is 0.178. The molecular formula is C17H18BrN3O3S. The minimum atomic E-state index is -0.400. The molecule has 3 rings (SSSR count). The fourth-order valence-electron chi connectivity index (χ4n) is 3.04. The van der Waals surface area contributed by atoms with E-state index in [4.69, 9.17) is 4.74 Å². The minimum absolute atomic E-state index is 0.131. The van der Waals surface area contributed by atoms with E-state index in [9.17, 15) is 9.59 Å². The summed E-state index contributed by atoms with van der Waals surface area (Å²) in [5, 5.41) is 3.43. The van der Waals surface area contributed by atoms with E-state index in [-0.39, 0.29) is 17.9 Å². The van der Waals surface area contributed by atoms with Gasteiger partial charge in [-0.25, -0.2) is 0 Å². The van der Waals surface area contributed by atoms with Crippen LogP contribution in [0.3, 0.4) is 0 Å². The lowest BCUT2D eigenvalue weighted by molar-refractivity contribution is -0.116. The molecule has 132 valence electrons. The highest BCUT2D eigenvalue weighted by atomic mass is 79.9. The Bertz CT molecular complexity index is 897. The summed E-state index contributed by atoms with van der Waals surface area (Å²) >= 11 is 4.92. The molecule has 0 fully saturated rings. The number of amides is 1. The number of hydrogen-bond donors (Lipinski definition) is 1. The predicted octanol–water partition coefficient (Wildman–Crippen LogP) is 3.14. The molecule has 1 unspecified atom stereocenters. The van der Waals surface area contributed by atoms with Gasteiger partial charge in [-0.3, -0.25) is 9.59 Å². The topological polar surface area (TPSA) is 73.2 Å². The molecule has 1 aromatic heterocycles. The van der Waals surface area contributed by atoms with Crippen LogP contribution < -0.4 is 15.6 Å². The van der Waals surface area contributed by atoms with Crippen molar-refractivity contribution in [3.05, 3.63) is 44.2 Å². The number of rotatable bonds is 4. The SMILES string of the molecule is CCSc1nc(=O)c2c(n1C)NC(=O)CC2c1cc(Br)ccc1OC. The molecule has 0 saturated carbocycles. The van der Waals surface area contributed by atoms with Crippen molar-refractivity contribution in [2.45, 2.75) is 24.4 Å². The number of hydrogen-bond acceptors (Lipinski definition) is 5. The Morgan fingerprint density at radius 2 is 2.20 bits per heavy atom. The third kappa shape index (κ3) is 3.32. The summed E-state index contributed by atoms with van der Waals surface area (Å²) in [5.41, 5.74) is 0.984. The van der Waals surface area contributed by atoms with E-state index in [0.717, 1.165) is 15.8 Å². The lowest BCUT2D eigenvalue weighted by atomic mass is 9.86. The van der Waals surface area contributed by atoms with Crippen LogP contribution in [0.1, 0.15) is 30.4 Å². The van der Waals surface area contributed by atoms with Gasteiger partial charge in [0.15, 0.2) is 5.16 Å². The van der Waals surface area contributed by atoms with Gasteiger partial charge in [0, 0.05) is 29.4 Å². The van der Waals surface area contributed by atoms with E-state index >= 15 is 0 Å². The number of ether oxygens (including phenoxy) is 1. The first kappa shape index (κ1) is 18.0. The number of halogens is 1. The van der Waals surface area contributed by atoms with Gasteiger partial charge < -0.3 is 14.6 Å². The summed E-state index contributed by atoms with van der Waals surface area (Å²) in [7, 11) is 3.39. The Morgan fingerprint density at radius 3 is 2.88 bits per heavy atom. The lowest BCUT2D eigenvalue weighted by Gasteiger charge is -2.28. The quantitative estimate of drug-likeness (QED) is 0.603. The Hall–Kier alpha value is -1.80. The van der Waals surface area contributed by atoms with Crippen LogP contribution in [0.5, 0.6) is 5.75 Å². The largest absolute Gasteiger partial charge is 0.496 e. The predicted molar refractivity (Wildman–Crippen MR) is 102 cm³/mol. The molecule has 0 spiro atoms. The van der Waals surface area contributed by atoms with Crippen molar-refractivity contribution in [2.24, 2.45) is 7.05 Å². The zero-order valence-electron chi connectivity index (χ0n) is 14.1. The molecule has 0 radical (unpaired) electrons. The Labute approximate surface area is 158 Å². The Morgan fingerprint density at radius 1 is 1.44 bits per heavy atom. The highest BCUT2D eigenvalue weighted by molar-refractivity contribution is 9.10. The van der Waals surface area contributed by atoms with Crippen LogP contribution in [-0.4, -0.2) is 28.3 Å². The summed E-state index contributed by atoms with van der Waals surface area (Å²) in [4.78, 5) is 29.3. The number of anilines is 1. The second-order valence-electron chi connectivity index (χ2n) is 5.65. The summed E-state index contributed by atoms with van der Waals surface area (Å²) in [5.74, 6) is 1.41. The van der Waals surface area contributed by atoms with Crippen LogP contribution in [0, 0.1) is 0 Å². The van der Waals surface area contributed by atoms with Crippen LogP contribution in [0.4, 0.5) is 5.82 Å². The third-order valence-corrected chi connectivity index (χ3v) is 5.55. The molecular weight excluding hydrogens is 406 g/mol. The maximum atomic E-state index is 12.7. The lowest BCUT2D eigenvalue weighted by Crippen LogP contribution is -2.33. The number of fused-ring (bicyclic) bond motifs is 1. The second kappa shape index (κ2) is 7.21. The zero-order valence-corrected chi connectivity index (χ0v) is 16.5. The average Bonchev–Trinajstić information content (AvgIpc) is 2.58. The number of nitrogens with zero attached hydrogens (tertiary/aromatic N) is 2. The molecule has 1 atom stereocenters. The first-order valence-corrected chi connectivity index (χ1v) is 9.61. The number of nitrogens with one attached hydrogen (secondary N) is 1. The van der Waals surface area contributed by atoms with Crippen LogP contribution in [0.15, 0.2) is 32.6 Å². The molecule has 2 aromatic rings. The van der Waals surface area contributed by atoms with E-state index in [2.05, 4.69) is 26.2 Å². The second-order valence-corrected chi connectivity index (χ2v) is 7.79. The highest BCUT2D eigenvalue weighted by Gasteiger charge is 2.33. The number of carbonyl (C=O) groups is 1. The zero-order chi connectivity index (χ0) is 18.1. The maximum Gasteiger partial charge on any atom is 0.279 e. The Kier molecular flexibility index (Phi) is 5.19. The van der Waals surface area contributed by atoms with E-state index in [1.165, 1.54) is 11.8 Å². The van der Waals surface area contributed by atoms with Gasteiger partial charge in [0.25, 0.3) is 5.56 Å². The molecule has 1 aromatic carbocycles. The van der Waals surface area contributed by atoms with Crippen LogP contribution in [0.2, 0.25) is 0 Å². The molecule has 1 aliphatic heterocycles. The van der Waals surface area contributed by atoms with Gasteiger partial charge in [-0.1, -0.05) is 34.6 Å². The van der Waals surface area contributed by atoms with Crippen LogP contribution >= 0.6 is 27.7 Å². The van der Waals surface area contributed by atoms with E-state index in [0.29, 0.717) is 22.3 Å². The molecule has 2 heterocycles. The van der Waals surface area contributed by atoms with Gasteiger partial charge >= 0.3 is 0 Å². The Balaban J connectivity index is 2.24. The van der Waals surface area contributed by atoms with Crippen molar-refractivity contribution in [3.8, 4) is 5.75 Å². The molecule has 1 aliphatic rings. The average molecular weight is 424 g/mol. The first-order chi connectivity index (χ1) is 12.0. The molecule has 1 amide bonds. The molecule has 8 heteroatoms. The maximum absolute atomic E-state index is 12.7. The van der Waals surface area contributed by atoms with Crippen LogP contribution in [-0.2, 0) is 11.8 Å². The van der Waals surface area contributed by atoms with Gasteiger partial charge in [0.05, 0.1) is 12.7 Å². The van der Waals surface area contributed by atoms with Gasteiger partial charge in [-0.2, -0.15) is 4.98 Å². The van der Waals surface area contributed by atoms with Crippen molar-refractivity contribution >= 4 is 39.4 Å². The first-order valence-electron chi connectivity index (χ1n) is 7.83. The molecule has 0 saturated heterocycles. The molecule has 25 heavy (non-hydrogen) atoms. The van der Waals surface area contributed by atoms with Gasteiger partial charge in [0.2, 0.25) is 5.91 Å². The standard InChI is InChI=1S/C17H18BrN3O3S/c1-4-25-17-20-16(23)14-11(8-13(22)19-15(14)21(17)2)10-7-9(18)5-6-12(10)24-3/h5-7,11H,4,8H2,1-3H3,(H,19,22). The van der Waals surface area contributed by atoms with Crippen molar-refractivity contribution in [3.63, 3.8) is 0 Å². The van der Waals surface area contributed by atoms with Crippen molar-refractivity contribution < 1.29 is 9.53 Å². The summed E-state index contributed by atoms with van der Waals surface area (Å²) in [6, 6.07) is 5.58. The number of carbonyl (C=O) groups excluding carboxylic acids is 1. The summed E-state index contributed by atoms with van der Waals surface area (Å²) in [6.45, 7) is 1.99. The highest BCUT2D eigenvalue weighted by Crippen LogP contribution is 2.40. The van der Waals surface area contributed by atoms with E-state index in [1.54, 1.807) is 11.7 Å². The van der Waals surface area contributed by atoms with Crippen molar-refractivity contribution in [1.29, 1.82) is 0 Å². The van der Waals surface area contributed by atoms with Crippen molar-refractivity contribution in [2.75, 3.05) is 18.2 Å². The molecule has 0 bridgehead atoms. The molecule has 6 nitrogen and oxygen atoms in total. The van der Waals surface area contributed by atoms with E-state index in [1.807, 2.05) is 32.2 Å². The third-order valence-electron chi connectivity index (χ3n) is 4.14. The fraction of sp³-hybridized carbons (Fsp3) is 0.353. The number of aromatic nitrogens is 2. The van der Waals surface area contributed by atoms with E-state index < -0.39 is 5.92 Å². The normalized spacial score (nSPS) is 16.3. The number of benzene rings is 1. The van der Waals surface area contributed by atoms with Gasteiger partial charge in [0.1, 0.15) is 11.6 Å². The number of methoxy groups -OCH3 is 1. The monoisotopic (exact) mass is 423 g/mol. The minimum Gasteiger partial charge on any atom is -0.496 e. The number of thioether (sulfide) groups is 1. The smallest absolute Gasteiger partial charge is 0.279 e. The molecule has 0 aliphatic carbocycles. The van der Waals surface area contributed by atoms with Crippen molar-refractivity contribution in [1.82, 2.24) is 9.55 Å². The molecule has 1 N–H and O–H groups in total.